The zero-order valence-electron chi connectivity index (χ0n) is 23.5. The molecule has 0 spiro atoms. The number of hydrogen-bond acceptors (Lipinski definition) is 8. The van der Waals surface area contributed by atoms with E-state index in [1.807, 2.05) is 0 Å². The molecule has 0 atom stereocenters. The number of fused-ring (bicyclic) bond motifs is 2. The van der Waals surface area contributed by atoms with Gasteiger partial charge in [-0.15, -0.1) is 10.2 Å². The van der Waals surface area contributed by atoms with Crippen LogP contribution >= 0.6 is 0 Å². The Morgan fingerprint density at radius 2 is 1.42 bits per heavy atom. The van der Waals surface area contributed by atoms with E-state index in [2.05, 4.69) is 20.2 Å². The maximum Gasteiger partial charge on any atom is 0.335 e. The van der Waals surface area contributed by atoms with E-state index in [0.29, 0.717) is 22.5 Å². The summed E-state index contributed by atoms with van der Waals surface area (Å²) in [5.41, 5.74) is 1.20. The van der Waals surface area contributed by atoms with Gasteiger partial charge in [-0.1, -0.05) is 6.08 Å². The van der Waals surface area contributed by atoms with Crippen LogP contribution in [0, 0.1) is 13.8 Å². The summed E-state index contributed by atoms with van der Waals surface area (Å²) >= 11 is 0. The lowest BCUT2D eigenvalue weighted by molar-refractivity contribution is 0.0686. The highest BCUT2D eigenvalue weighted by molar-refractivity contribution is 6.08. The smallest absolute Gasteiger partial charge is 0.335 e. The molecule has 0 aliphatic carbocycles. The number of carbonyl (C=O) groups excluding carboxylic acids is 1. The van der Waals surface area contributed by atoms with E-state index in [1.54, 1.807) is 13.8 Å². The molecule has 0 radical (unpaired) electrons. The predicted molar refractivity (Wildman–Crippen MR) is 160 cm³/mol. The van der Waals surface area contributed by atoms with Gasteiger partial charge >= 0.3 is 11.9 Å². The van der Waals surface area contributed by atoms with Crippen molar-refractivity contribution in [2.45, 2.75) is 13.8 Å². The zero-order chi connectivity index (χ0) is 32.2. The highest BCUT2D eigenvalue weighted by Crippen LogP contribution is 2.30. The van der Waals surface area contributed by atoms with Gasteiger partial charge in [-0.2, -0.15) is 9.69 Å². The van der Waals surface area contributed by atoms with E-state index in [0.717, 1.165) is 9.69 Å². The van der Waals surface area contributed by atoms with Gasteiger partial charge in [0.05, 0.1) is 33.6 Å². The average molecular weight is 607 g/mol. The number of rotatable bonds is 6. The molecule has 3 aliphatic rings. The number of benzene rings is 2. The Labute approximate surface area is 251 Å². The predicted octanol–water partition coefficient (Wildman–Crippen LogP) is 1.76. The molecule has 14 nitrogen and oxygen atoms in total. The summed E-state index contributed by atoms with van der Waals surface area (Å²) in [7, 11) is 0. The minimum absolute atomic E-state index is 0.0433. The Morgan fingerprint density at radius 3 is 2.02 bits per heavy atom. The number of carboxylic acids is 2. The van der Waals surface area contributed by atoms with Crippen LogP contribution in [-0.4, -0.2) is 52.9 Å². The SMILES string of the molecule is Cc1c(C=C/C=c2/c(C)c3c([nH]c2=O)=NN(c2ccc(C(=O)O)cc2)C3=O)c(O)[nH]c2nn(-c3ccc(C(=O)O)cc3)c(=O)c1-2. The molecule has 0 saturated heterocycles. The molecule has 2 aromatic carbocycles. The van der Waals surface area contributed by atoms with Gasteiger partial charge in [0.25, 0.3) is 17.0 Å². The van der Waals surface area contributed by atoms with Crippen molar-refractivity contribution in [1.29, 1.82) is 0 Å². The summed E-state index contributed by atoms with van der Waals surface area (Å²) in [4.78, 5) is 67.1. The van der Waals surface area contributed by atoms with Crippen molar-refractivity contribution in [1.82, 2.24) is 19.7 Å². The van der Waals surface area contributed by atoms with Crippen LogP contribution < -0.4 is 26.8 Å². The average Bonchev–Trinajstić information content (AvgIpc) is 3.52. The van der Waals surface area contributed by atoms with Crippen molar-refractivity contribution in [2.75, 3.05) is 5.01 Å². The highest BCUT2D eigenvalue weighted by atomic mass is 16.4. The van der Waals surface area contributed by atoms with E-state index < -0.39 is 29.0 Å². The first kappa shape index (κ1) is 28.5. The molecular weight excluding hydrogens is 584 g/mol. The maximum atomic E-state index is 13.3. The van der Waals surface area contributed by atoms with Crippen molar-refractivity contribution >= 4 is 35.7 Å². The monoisotopic (exact) mass is 606 g/mol. The fourth-order valence-electron chi connectivity index (χ4n) is 5.11. The number of anilines is 1. The molecule has 0 unspecified atom stereocenters. The van der Waals surface area contributed by atoms with Gasteiger partial charge in [0, 0.05) is 10.8 Å². The number of aromatic nitrogens is 4. The molecule has 4 heterocycles. The zero-order valence-corrected chi connectivity index (χ0v) is 23.5. The van der Waals surface area contributed by atoms with Crippen LogP contribution in [0.3, 0.4) is 0 Å². The van der Waals surface area contributed by atoms with Gasteiger partial charge in [0.2, 0.25) is 0 Å². The van der Waals surface area contributed by atoms with Crippen LogP contribution in [0.2, 0.25) is 0 Å². The largest absolute Gasteiger partial charge is 0.494 e. The van der Waals surface area contributed by atoms with Gasteiger partial charge in [-0.3, -0.25) is 14.4 Å². The minimum Gasteiger partial charge on any atom is -0.494 e. The second kappa shape index (κ2) is 10.6. The number of allylic oxidation sites excluding steroid dienone is 1. The maximum absolute atomic E-state index is 13.3. The fourth-order valence-corrected chi connectivity index (χ4v) is 5.11. The Morgan fingerprint density at radius 1 is 0.822 bits per heavy atom. The van der Waals surface area contributed by atoms with Gasteiger partial charge in [0.1, 0.15) is 0 Å². The van der Waals surface area contributed by atoms with Crippen LogP contribution in [0.25, 0.3) is 29.2 Å². The lowest BCUT2D eigenvalue weighted by Gasteiger charge is -2.12. The first-order valence-electron chi connectivity index (χ1n) is 13.3. The molecule has 1 aromatic heterocycles. The Hall–Kier alpha value is -6.57. The third-order valence-corrected chi connectivity index (χ3v) is 7.46. The number of amides is 1. The van der Waals surface area contributed by atoms with Crippen LogP contribution in [0.1, 0.15) is 47.8 Å². The van der Waals surface area contributed by atoms with Gasteiger partial charge < -0.3 is 25.3 Å². The molecule has 0 fully saturated rings. The topological polar surface area (TPSA) is 211 Å². The van der Waals surface area contributed by atoms with Gasteiger partial charge in [-0.25, -0.2) is 9.59 Å². The van der Waals surface area contributed by atoms with E-state index >= 15 is 0 Å². The molecular formula is C31H22N6O8. The second-order valence-corrected chi connectivity index (χ2v) is 10.1. The Balaban J connectivity index is 1.35. The molecule has 0 bridgehead atoms. The van der Waals surface area contributed by atoms with Gasteiger partial charge in [0.15, 0.2) is 17.2 Å². The summed E-state index contributed by atoms with van der Waals surface area (Å²) in [5, 5.41) is 38.7. The molecule has 45 heavy (non-hydrogen) atoms. The lowest BCUT2D eigenvalue weighted by atomic mass is 10.0. The number of nitrogens with zero attached hydrogens (tertiary/aromatic N) is 4. The second-order valence-electron chi connectivity index (χ2n) is 10.1. The third kappa shape index (κ3) is 4.75. The normalized spacial score (nSPS) is 13.1. The number of hydrogen-bond donors (Lipinski definition) is 5. The quantitative estimate of drug-likeness (QED) is 0.190. The first-order chi connectivity index (χ1) is 21.5. The van der Waals surface area contributed by atoms with E-state index in [4.69, 9.17) is 10.2 Å². The standard InChI is InChI=1S/C31H22N6O8/c1-14-20(26(38)32-24-22(14)28(40)36(34-24)18-10-6-16(7-11-18)30(42)43)4-3-5-21-15(2)23-25(33-27(21)39)35-37(29(23)41)19-12-8-17(9-13-19)31(44)45/h3-13H,1-2H3,(H,42,43)(H,44,45)(H,32,34,38)(H2,33,35,39)/b5-3?,20-4-. The number of H-pyrrole nitrogens is 2. The van der Waals surface area contributed by atoms with Crippen molar-refractivity contribution in [3.8, 4) is 23.0 Å². The molecule has 14 heteroatoms. The molecule has 6 rings (SSSR count). The summed E-state index contributed by atoms with van der Waals surface area (Å²) in [6.45, 7) is 3.23. The molecule has 224 valence electrons. The number of nitrogens with one attached hydrogen (secondary N) is 2. The number of aromatic hydroxyl groups is 1. The van der Waals surface area contributed by atoms with Crippen molar-refractivity contribution in [2.24, 2.45) is 5.10 Å². The number of aromatic carboxylic acids is 2. The van der Waals surface area contributed by atoms with Gasteiger partial charge in [-0.05, 0) is 85.7 Å². The van der Waals surface area contributed by atoms with Crippen molar-refractivity contribution in [3.63, 3.8) is 0 Å². The van der Waals surface area contributed by atoms with Crippen LogP contribution in [0.15, 0.2) is 69.3 Å². The van der Waals surface area contributed by atoms with Crippen LogP contribution in [0.4, 0.5) is 5.69 Å². The van der Waals surface area contributed by atoms with E-state index in [9.17, 15) is 29.1 Å². The molecule has 5 N–H and O–H groups in total. The number of pyridine rings is 2. The summed E-state index contributed by atoms with van der Waals surface area (Å²) in [5.74, 6) is -2.89. The first-order valence-corrected chi connectivity index (χ1v) is 13.3. The summed E-state index contributed by atoms with van der Waals surface area (Å²) < 4.78 is 1.10. The van der Waals surface area contributed by atoms with E-state index in [1.165, 1.54) is 66.8 Å². The number of aromatic amines is 2. The molecule has 3 aliphatic heterocycles. The fraction of sp³-hybridized carbons (Fsp3) is 0.0645. The Kier molecular flexibility index (Phi) is 6.73. The van der Waals surface area contributed by atoms with Crippen LogP contribution in [0.5, 0.6) is 5.88 Å². The summed E-state index contributed by atoms with van der Waals surface area (Å²) in [6, 6.07) is 11.2. The minimum atomic E-state index is -1.11. The molecule has 1 amide bonds. The molecule has 3 aromatic rings. The third-order valence-electron chi connectivity index (χ3n) is 7.46. The number of carboxylic acid groups (broad SMARTS) is 2. The molecule has 0 saturated carbocycles. The highest BCUT2D eigenvalue weighted by Gasteiger charge is 2.28. The Bertz CT molecular complexity index is 2310. The summed E-state index contributed by atoms with van der Waals surface area (Å²) in [6.07, 6.45) is 4.44. The van der Waals surface area contributed by atoms with Crippen molar-refractivity contribution < 1.29 is 29.7 Å². The van der Waals surface area contributed by atoms with Crippen molar-refractivity contribution in [3.05, 3.63) is 119 Å². The van der Waals surface area contributed by atoms with Crippen LogP contribution in [-0.2, 0) is 0 Å². The van der Waals surface area contributed by atoms with E-state index in [-0.39, 0.29) is 50.2 Å². The number of carbonyl (C=O) groups is 3. The lowest BCUT2D eigenvalue weighted by Crippen LogP contribution is -2.38.